The summed E-state index contributed by atoms with van der Waals surface area (Å²) < 4.78 is 15.7. The van der Waals surface area contributed by atoms with Crippen LogP contribution < -0.4 is 15.4 Å². The van der Waals surface area contributed by atoms with E-state index in [-0.39, 0.29) is 12.5 Å². The Hall–Kier alpha value is -3.36. The summed E-state index contributed by atoms with van der Waals surface area (Å²) in [6.07, 6.45) is 1.84. The quantitative estimate of drug-likeness (QED) is 0.649. The summed E-state index contributed by atoms with van der Waals surface area (Å²) in [4.78, 5) is 34.9. The molecule has 0 atom stereocenters. The Bertz CT molecular complexity index is 867. The van der Waals surface area contributed by atoms with E-state index in [2.05, 4.69) is 15.8 Å². The van der Waals surface area contributed by atoms with E-state index in [0.717, 1.165) is 29.9 Å². The van der Waals surface area contributed by atoms with E-state index in [1.807, 2.05) is 13.8 Å². The smallest absolute Gasteiger partial charge is 0.321 e. The zero-order valence-electron chi connectivity index (χ0n) is 16.3. The van der Waals surface area contributed by atoms with Crippen LogP contribution in [0.15, 0.2) is 28.8 Å². The van der Waals surface area contributed by atoms with Gasteiger partial charge in [-0.25, -0.2) is 4.79 Å². The summed E-state index contributed by atoms with van der Waals surface area (Å²) in [5.74, 6) is 0.130. The molecular weight excluding hydrogens is 378 g/mol. The van der Waals surface area contributed by atoms with Crippen molar-refractivity contribution in [2.75, 3.05) is 6.61 Å². The predicted molar refractivity (Wildman–Crippen MR) is 101 cm³/mol. The van der Waals surface area contributed by atoms with Gasteiger partial charge < -0.3 is 19.3 Å². The Kier molecular flexibility index (Phi) is 6.48. The van der Waals surface area contributed by atoms with Crippen LogP contribution in [0.1, 0.15) is 35.4 Å². The molecule has 9 heteroatoms. The van der Waals surface area contributed by atoms with Crippen molar-refractivity contribution in [1.82, 2.24) is 15.8 Å². The van der Waals surface area contributed by atoms with E-state index < -0.39 is 24.5 Å². The molecule has 1 aliphatic carbocycles. The van der Waals surface area contributed by atoms with Gasteiger partial charge in [-0.15, -0.1) is 0 Å². The standard InChI is InChI=1S/C20H23N3O6/c1-12-17(13(2)29-23-12)10-27-16-7-3-14(4-8-16)9-19(25)28-11-18(24)22-20(26)21-15-5-6-15/h3-4,7-8,15H,5-6,9-11H2,1-2H3,(H2,21,22,24,26). The fourth-order valence-electron chi connectivity index (χ4n) is 2.54. The SMILES string of the molecule is Cc1noc(C)c1COc1ccc(CC(=O)OCC(=O)NC(=O)NC2CC2)cc1. The van der Waals surface area contributed by atoms with E-state index in [1.54, 1.807) is 24.3 Å². The average Bonchev–Trinajstić information content (AvgIpc) is 3.43. The molecular formula is C20H23N3O6. The lowest BCUT2D eigenvalue weighted by atomic mass is 10.1. The monoisotopic (exact) mass is 401 g/mol. The van der Waals surface area contributed by atoms with Crippen molar-refractivity contribution in [3.8, 4) is 5.75 Å². The van der Waals surface area contributed by atoms with Gasteiger partial charge in [-0.05, 0) is 44.4 Å². The third-order valence-corrected chi connectivity index (χ3v) is 4.37. The largest absolute Gasteiger partial charge is 0.489 e. The summed E-state index contributed by atoms with van der Waals surface area (Å²) in [7, 11) is 0. The van der Waals surface area contributed by atoms with Gasteiger partial charge in [0.25, 0.3) is 5.91 Å². The molecule has 0 radical (unpaired) electrons. The highest BCUT2D eigenvalue weighted by atomic mass is 16.5. The number of carbonyl (C=O) groups excluding carboxylic acids is 3. The molecule has 1 aliphatic rings. The van der Waals surface area contributed by atoms with E-state index in [1.165, 1.54) is 0 Å². The predicted octanol–water partition coefficient (Wildman–Crippen LogP) is 1.94. The number of nitrogens with one attached hydrogen (secondary N) is 2. The Balaban J connectivity index is 1.38. The van der Waals surface area contributed by atoms with Crippen molar-refractivity contribution in [3.05, 3.63) is 46.8 Å². The molecule has 0 saturated heterocycles. The molecule has 3 rings (SSSR count). The first-order valence-corrected chi connectivity index (χ1v) is 9.30. The lowest BCUT2D eigenvalue weighted by Crippen LogP contribution is -2.42. The summed E-state index contributed by atoms with van der Waals surface area (Å²) in [6.45, 7) is 3.51. The van der Waals surface area contributed by atoms with Gasteiger partial charge in [0.1, 0.15) is 18.1 Å². The number of benzene rings is 1. The highest BCUT2D eigenvalue weighted by molar-refractivity contribution is 5.95. The van der Waals surface area contributed by atoms with Crippen LogP contribution in [0.2, 0.25) is 0 Å². The zero-order valence-corrected chi connectivity index (χ0v) is 16.3. The molecule has 3 amide bonds. The number of ether oxygens (including phenoxy) is 2. The van der Waals surface area contributed by atoms with Gasteiger partial charge >= 0.3 is 12.0 Å². The molecule has 0 bridgehead atoms. The number of urea groups is 1. The molecule has 0 spiro atoms. The Labute approximate surface area is 167 Å². The van der Waals surface area contributed by atoms with Crippen molar-refractivity contribution in [1.29, 1.82) is 0 Å². The van der Waals surface area contributed by atoms with Gasteiger partial charge in [0.15, 0.2) is 6.61 Å². The summed E-state index contributed by atoms with van der Waals surface area (Å²) in [6, 6.07) is 6.55. The Morgan fingerprint density at radius 1 is 1.17 bits per heavy atom. The number of amides is 3. The summed E-state index contributed by atoms with van der Waals surface area (Å²) >= 11 is 0. The molecule has 0 aliphatic heterocycles. The van der Waals surface area contributed by atoms with Gasteiger partial charge in [-0.3, -0.25) is 14.9 Å². The maximum Gasteiger partial charge on any atom is 0.321 e. The van der Waals surface area contributed by atoms with Gasteiger partial charge in [-0.1, -0.05) is 17.3 Å². The molecule has 1 saturated carbocycles. The van der Waals surface area contributed by atoms with Crippen LogP contribution in [0.3, 0.4) is 0 Å². The maximum atomic E-state index is 11.9. The lowest BCUT2D eigenvalue weighted by Gasteiger charge is -2.08. The van der Waals surface area contributed by atoms with Gasteiger partial charge in [0.2, 0.25) is 0 Å². The molecule has 154 valence electrons. The van der Waals surface area contributed by atoms with E-state index >= 15 is 0 Å². The molecule has 1 aromatic heterocycles. The second-order valence-electron chi connectivity index (χ2n) is 6.87. The fourth-order valence-corrected chi connectivity index (χ4v) is 2.54. The molecule has 0 unspecified atom stereocenters. The normalized spacial score (nSPS) is 12.9. The molecule has 29 heavy (non-hydrogen) atoms. The average molecular weight is 401 g/mol. The minimum absolute atomic E-state index is 0.00565. The molecule has 1 aromatic carbocycles. The number of aryl methyl sites for hydroxylation is 2. The van der Waals surface area contributed by atoms with Crippen LogP contribution in [0.4, 0.5) is 4.79 Å². The number of esters is 1. The Morgan fingerprint density at radius 3 is 2.52 bits per heavy atom. The molecule has 1 fully saturated rings. The highest BCUT2D eigenvalue weighted by Gasteiger charge is 2.24. The van der Waals surface area contributed by atoms with Crippen molar-refractivity contribution < 1.29 is 28.4 Å². The van der Waals surface area contributed by atoms with Crippen LogP contribution in [0.25, 0.3) is 0 Å². The van der Waals surface area contributed by atoms with Gasteiger partial charge in [0, 0.05) is 6.04 Å². The number of nitrogens with zero attached hydrogens (tertiary/aromatic N) is 1. The third-order valence-electron chi connectivity index (χ3n) is 4.37. The molecule has 2 N–H and O–H groups in total. The lowest BCUT2D eigenvalue weighted by molar-refractivity contribution is -0.147. The second-order valence-corrected chi connectivity index (χ2v) is 6.87. The molecule has 9 nitrogen and oxygen atoms in total. The van der Waals surface area contributed by atoms with E-state index in [0.29, 0.717) is 17.9 Å². The number of carbonyl (C=O) groups is 3. The van der Waals surface area contributed by atoms with Crippen LogP contribution in [-0.2, 0) is 27.4 Å². The summed E-state index contributed by atoms with van der Waals surface area (Å²) in [5, 5.41) is 8.61. The second kappa shape index (κ2) is 9.22. The van der Waals surface area contributed by atoms with E-state index in [9.17, 15) is 14.4 Å². The molecule has 1 heterocycles. The minimum atomic E-state index is -0.667. The topological polar surface area (TPSA) is 120 Å². The minimum Gasteiger partial charge on any atom is -0.489 e. The first-order chi connectivity index (χ1) is 13.9. The number of rotatable bonds is 8. The maximum absolute atomic E-state index is 11.9. The van der Waals surface area contributed by atoms with Crippen LogP contribution in [0.5, 0.6) is 5.75 Å². The zero-order chi connectivity index (χ0) is 20.8. The van der Waals surface area contributed by atoms with Crippen molar-refractivity contribution in [2.45, 2.75) is 45.8 Å². The van der Waals surface area contributed by atoms with E-state index in [4.69, 9.17) is 14.0 Å². The van der Waals surface area contributed by atoms with Crippen molar-refractivity contribution >= 4 is 17.9 Å². The van der Waals surface area contributed by atoms with Gasteiger partial charge in [-0.2, -0.15) is 0 Å². The number of imide groups is 1. The first-order valence-electron chi connectivity index (χ1n) is 9.30. The number of aromatic nitrogens is 1. The van der Waals surface area contributed by atoms with Crippen molar-refractivity contribution in [3.63, 3.8) is 0 Å². The first kappa shape index (κ1) is 20.4. The van der Waals surface area contributed by atoms with Crippen LogP contribution in [0, 0.1) is 13.8 Å². The Morgan fingerprint density at radius 2 is 1.90 bits per heavy atom. The van der Waals surface area contributed by atoms with Crippen LogP contribution >= 0.6 is 0 Å². The third kappa shape index (κ3) is 6.34. The van der Waals surface area contributed by atoms with Gasteiger partial charge in [0.05, 0.1) is 17.7 Å². The molecule has 2 aromatic rings. The summed E-state index contributed by atoms with van der Waals surface area (Å²) in [5.41, 5.74) is 2.41. The van der Waals surface area contributed by atoms with Crippen LogP contribution in [-0.4, -0.2) is 35.7 Å². The highest BCUT2D eigenvalue weighted by Crippen LogP contribution is 2.19. The number of hydrogen-bond donors (Lipinski definition) is 2. The van der Waals surface area contributed by atoms with Crippen molar-refractivity contribution in [2.24, 2.45) is 0 Å². The fraction of sp³-hybridized carbons (Fsp3) is 0.400. The number of hydrogen-bond acceptors (Lipinski definition) is 7.